The van der Waals surface area contributed by atoms with Gasteiger partial charge in [0, 0.05) is 30.8 Å². The molecule has 0 aliphatic carbocycles. The molecule has 1 unspecified atom stereocenters. The predicted octanol–water partition coefficient (Wildman–Crippen LogP) is 2.57. The zero-order chi connectivity index (χ0) is 24.4. The fourth-order valence-electron chi connectivity index (χ4n) is 3.79. The lowest BCUT2D eigenvalue weighted by Crippen LogP contribution is -2.43. The van der Waals surface area contributed by atoms with Gasteiger partial charge in [-0.05, 0) is 56.5 Å². The molecule has 1 heterocycles. The molecule has 1 N–H and O–H groups in total. The van der Waals surface area contributed by atoms with Crippen LogP contribution in [0.25, 0.3) is 0 Å². The Labute approximate surface area is 195 Å². The van der Waals surface area contributed by atoms with Crippen molar-refractivity contribution in [3.05, 3.63) is 59.7 Å². The van der Waals surface area contributed by atoms with Crippen LogP contribution in [0.5, 0.6) is 0 Å². The van der Waals surface area contributed by atoms with Gasteiger partial charge in [0.15, 0.2) is 15.6 Å². The Balaban J connectivity index is 1.58. The van der Waals surface area contributed by atoms with E-state index in [1.807, 2.05) is 6.92 Å². The molecule has 2 aromatic carbocycles. The van der Waals surface area contributed by atoms with Crippen molar-refractivity contribution in [1.82, 2.24) is 9.62 Å². The minimum Gasteiger partial charge on any atom is -0.349 e. The van der Waals surface area contributed by atoms with Gasteiger partial charge in [-0.3, -0.25) is 9.59 Å². The Bertz CT molecular complexity index is 1230. The van der Waals surface area contributed by atoms with Crippen molar-refractivity contribution in [1.29, 1.82) is 0 Å². The monoisotopic (exact) mass is 492 g/mol. The van der Waals surface area contributed by atoms with E-state index in [0.717, 1.165) is 11.8 Å². The molecule has 8 nitrogen and oxygen atoms in total. The highest BCUT2D eigenvalue weighted by molar-refractivity contribution is 7.90. The standard InChI is InChI=1S/C23H28N2O6S2/c1-16(18-4-8-21(9-5-18)32(3,28)29)24-23(27)20-12-14-25(15-13-20)33(30,31)22-10-6-19(7-11-22)17(2)26/h4-11,16,20H,12-15H2,1-3H3,(H,24,27). The Morgan fingerprint density at radius 3 is 1.91 bits per heavy atom. The smallest absolute Gasteiger partial charge is 0.243 e. The number of hydrogen-bond acceptors (Lipinski definition) is 6. The lowest BCUT2D eigenvalue weighted by molar-refractivity contribution is -0.126. The molecule has 178 valence electrons. The number of rotatable bonds is 7. The van der Waals surface area contributed by atoms with Gasteiger partial charge in [-0.25, -0.2) is 16.8 Å². The molecule has 1 atom stereocenters. The number of ketones is 1. The van der Waals surface area contributed by atoms with Crippen molar-refractivity contribution in [2.45, 2.75) is 42.5 Å². The van der Waals surface area contributed by atoms with Crippen molar-refractivity contribution in [2.75, 3.05) is 19.3 Å². The molecule has 10 heteroatoms. The first-order valence-electron chi connectivity index (χ1n) is 10.6. The van der Waals surface area contributed by atoms with E-state index in [1.165, 1.54) is 47.6 Å². The second kappa shape index (κ2) is 9.74. The van der Waals surface area contributed by atoms with Crippen molar-refractivity contribution >= 4 is 31.6 Å². The summed E-state index contributed by atoms with van der Waals surface area (Å²) in [6.07, 6.45) is 1.94. The number of sulfone groups is 1. The molecular formula is C23H28N2O6S2. The second-order valence-electron chi connectivity index (χ2n) is 8.33. The Morgan fingerprint density at radius 1 is 0.909 bits per heavy atom. The third-order valence-corrected chi connectivity index (χ3v) is 8.93. The number of carbonyl (C=O) groups is 2. The van der Waals surface area contributed by atoms with Crippen LogP contribution in [0.4, 0.5) is 0 Å². The topological polar surface area (TPSA) is 118 Å². The van der Waals surface area contributed by atoms with E-state index in [4.69, 9.17) is 0 Å². The third kappa shape index (κ3) is 5.87. The van der Waals surface area contributed by atoms with Crippen LogP contribution in [0, 0.1) is 5.92 Å². The molecular weight excluding hydrogens is 464 g/mol. The van der Waals surface area contributed by atoms with E-state index in [1.54, 1.807) is 12.1 Å². The molecule has 0 bridgehead atoms. The van der Waals surface area contributed by atoms with Crippen molar-refractivity contribution in [3.63, 3.8) is 0 Å². The number of nitrogens with one attached hydrogen (secondary N) is 1. The molecule has 1 fully saturated rings. The third-order valence-electron chi connectivity index (χ3n) is 5.89. The van der Waals surface area contributed by atoms with Gasteiger partial charge in [-0.2, -0.15) is 4.31 Å². The summed E-state index contributed by atoms with van der Waals surface area (Å²) in [6, 6.07) is 11.9. The largest absolute Gasteiger partial charge is 0.349 e. The SMILES string of the molecule is CC(=O)c1ccc(S(=O)(=O)N2CCC(C(=O)NC(C)c3ccc(S(C)(=O)=O)cc3)CC2)cc1. The van der Waals surface area contributed by atoms with Crippen LogP contribution in [0.15, 0.2) is 58.3 Å². The number of Topliss-reactive ketones (excluding diaryl/α,β-unsaturated/α-hetero) is 1. The fraction of sp³-hybridized carbons (Fsp3) is 0.391. The minimum atomic E-state index is -3.69. The van der Waals surface area contributed by atoms with Crippen LogP contribution in [0.1, 0.15) is 48.7 Å². The number of nitrogens with zero attached hydrogens (tertiary/aromatic N) is 1. The van der Waals surface area contributed by atoms with Crippen LogP contribution in [-0.4, -0.2) is 52.2 Å². The van der Waals surface area contributed by atoms with Crippen LogP contribution in [0.3, 0.4) is 0 Å². The average molecular weight is 493 g/mol. The zero-order valence-corrected chi connectivity index (χ0v) is 20.4. The summed E-state index contributed by atoms with van der Waals surface area (Å²) >= 11 is 0. The van der Waals surface area contributed by atoms with Crippen LogP contribution in [0.2, 0.25) is 0 Å². The maximum absolute atomic E-state index is 12.9. The van der Waals surface area contributed by atoms with Crippen LogP contribution < -0.4 is 5.32 Å². The highest BCUT2D eigenvalue weighted by atomic mass is 32.2. The van der Waals surface area contributed by atoms with E-state index in [2.05, 4.69) is 5.32 Å². The van der Waals surface area contributed by atoms with Gasteiger partial charge < -0.3 is 5.32 Å². The number of amides is 1. The van der Waals surface area contributed by atoms with Gasteiger partial charge in [-0.1, -0.05) is 24.3 Å². The van der Waals surface area contributed by atoms with Crippen molar-refractivity contribution in [3.8, 4) is 0 Å². The Kier molecular flexibility index (Phi) is 7.40. The summed E-state index contributed by atoms with van der Waals surface area (Å²) in [7, 11) is -6.98. The summed E-state index contributed by atoms with van der Waals surface area (Å²) in [6.45, 7) is 3.70. The molecule has 1 aliphatic heterocycles. The van der Waals surface area contributed by atoms with Crippen molar-refractivity contribution < 1.29 is 26.4 Å². The molecule has 2 aromatic rings. The second-order valence-corrected chi connectivity index (χ2v) is 12.3. The molecule has 0 saturated carbocycles. The molecule has 33 heavy (non-hydrogen) atoms. The van der Waals surface area contributed by atoms with E-state index < -0.39 is 19.9 Å². The number of carbonyl (C=O) groups excluding carboxylic acids is 2. The summed E-state index contributed by atoms with van der Waals surface area (Å²) in [5, 5.41) is 2.94. The molecule has 3 rings (SSSR count). The van der Waals surface area contributed by atoms with E-state index in [0.29, 0.717) is 18.4 Å². The number of piperidine rings is 1. The van der Waals surface area contributed by atoms with Gasteiger partial charge >= 0.3 is 0 Å². The quantitative estimate of drug-likeness (QED) is 0.594. The number of benzene rings is 2. The number of sulfonamides is 1. The Hall–Kier alpha value is -2.56. The minimum absolute atomic E-state index is 0.126. The number of hydrogen-bond donors (Lipinski definition) is 1. The maximum Gasteiger partial charge on any atom is 0.243 e. The molecule has 1 amide bonds. The first-order chi connectivity index (χ1) is 15.4. The van der Waals surface area contributed by atoms with Gasteiger partial charge in [0.25, 0.3) is 0 Å². The average Bonchev–Trinajstić information content (AvgIpc) is 2.78. The van der Waals surface area contributed by atoms with Gasteiger partial charge in [0.05, 0.1) is 15.8 Å². The first-order valence-corrected chi connectivity index (χ1v) is 13.9. The maximum atomic E-state index is 12.9. The van der Waals surface area contributed by atoms with Crippen LogP contribution in [-0.2, 0) is 24.7 Å². The first kappa shape index (κ1) is 25.1. The summed E-state index contributed by atoms with van der Waals surface area (Å²) < 4.78 is 50.4. The molecule has 1 saturated heterocycles. The van der Waals surface area contributed by atoms with E-state index in [9.17, 15) is 26.4 Å². The molecule has 0 spiro atoms. The van der Waals surface area contributed by atoms with E-state index >= 15 is 0 Å². The van der Waals surface area contributed by atoms with Gasteiger partial charge in [-0.15, -0.1) is 0 Å². The van der Waals surface area contributed by atoms with Crippen molar-refractivity contribution in [2.24, 2.45) is 5.92 Å². The summed E-state index contributed by atoms with van der Waals surface area (Å²) in [5.41, 5.74) is 1.23. The van der Waals surface area contributed by atoms with Gasteiger partial charge in [0.1, 0.15) is 0 Å². The van der Waals surface area contributed by atoms with Crippen LogP contribution >= 0.6 is 0 Å². The molecule has 1 aliphatic rings. The zero-order valence-electron chi connectivity index (χ0n) is 18.8. The lowest BCUT2D eigenvalue weighted by Gasteiger charge is -2.31. The fourth-order valence-corrected chi connectivity index (χ4v) is 5.89. The predicted molar refractivity (Wildman–Crippen MR) is 124 cm³/mol. The molecule has 0 aromatic heterocycles. The highest BCUT2D eigenvalue weighted by Crippen LogP contribution is 2.25. The summed E-state index contributed by atoms with van der Waals surface area (Å²) in [4.78, 5) is 24.5. The summed E-state index contributed by atoms with van der Waals surface area (Å²) in [5.74, 6) is -0.599. The lowest BCUT2D eigenvalue weighted by atomic mass is 9.96. The van der Waals surface area contributed by atoms with Gasteiger partial charge in [0.2, 0.25) is 15.9 Å². The highest BCUT2D eigenvalue weighted by Gasteiger charge is 2.32. The Morgan fingerprint density at radius 2 is 1.42 bits per heavy atom. The van der Waals surface area contributed by atoms with E-state index in [-0.39, 0.29) is 46.5 Å². The normalized spacial score (nSPS) is 16.8. The molecule has 0 radical (unpaired) electrons.